The van der Waals surface area contributed by atoms with Crippen molar-refractivity contribution in [2.45, 2.75) is 0 Å². The molecule has 0 heterocycles. The van der Waals surface area contributed by atoms with E-state index in [1.54, 1.807) is 0 Å². The summed E-state index contributed by atoms with van der Waals surface area (Å²) in [5.41, 5.74) is 0. The second kappa shape index (κ2) is 6.45. The molecule has 8 heteroatoms. The van der Waals surface area contributed by atoms with E-state index in [-0.39, 0.29) is 68.9 Å². The summed E-state index contributed by atoms with van der Waals surface area (Å²) >= 11 is 8.62. The largest absolute Gasteiger partial charge is 1.00 e. The first-order chi connectivity index (χ1) is 3.12. The van der Waals surface area contributed by atoms with Crippen molar-refractivity contribution in [1.29, 1.82) is 0 Å². The van der Waals surface area contributed by atoms with Crippen LogP contribution in [0.5, 0.6) is 0 Å². The zero-order chi connectivity index (χ0) is 5.91. The predicted molar refractivity (Wildman–Crippen MR) is 21.5 cm³/mol. The Balaban J connectivity index is 0. The molecule has 0 aromatic carbocycles. The number of rotatable bonds is 2. The fourth-order valence-electron chi connectivity index (χ4n) is 0.0106. The molecule has 0 aromatic heterocycles. The molecule has 0 saturated heterocycles. The summed E-state index contributed by atoms with van der Waals surface area (Å²) in [4.78, 5) is 9.69. The maximum atomic E-state index is 9.69. The maximum Gasteiger partial charge on any atom is 1.00 e. The Morgan fingerprint density at radius 1 is 1.38 bits per heavy atom. The minimum absolute atomic E-state index is 0. The third kappa shape index (κ3) is 6.86. The number of halogens is 2. The fourth-order valence-corrected chi connectivity index (χ4v) is 0.287. The van der Waals surface area contributed by atoms with Gasteiger partial charge < -0.3 is 4.89 Å². The zero-order valence-corrected chi connectivity index (χ0v) is 12.5. The minimum Gasteiger partial charge on any atom is -0.754 e. The van der Waals surface area contributed by atoms with Gasteiger partial charge in [-0.25, -0.2) is 8.15 Å². The van der Waals surface area contributed by atoms with Gasteiger partial charge >= 0.3 is 76.7 Å². The number of hydrogen-bond acceptors (Lipinski definition) is 4. The van der Waals surface area contributed by atoms with Crippen LogP contribution in [0.2, 0.25) is 0 Å². The van der Waals surface area contributed by atoms with Crippen molar-refractivity contribution < 1.29 is 86.5 Å². The molecule has 0 saturated carbocycles. The van der Waals surface area contributed by atoms with Gasteiger partial charge in [-0.2, -0.15) is 0 Å². The van der Waals surface area contributed by atoms with Gasteiger partial charge in [-0.15, -0.1) is 0 Å². The molecule has 0 spiro atoms. The number of phosphoric acid groups is 1. The SMILES string of the molecule is O=P([O-])(OCl)OCl.[Cs+]. The van der Waals surface area contributed by atoms with Gasteiger partial charge in [0.2, 0.25) is 0 Å². The van der Waals surface area contributed by atoms with Gasteiger partial charge in [0.15, 0.2) is 0 Å². The van der Waals surface area contributed by atoms with E-state index < -0.39 is 7.82 Å². The first-order valence-corrected chi connectivity index (χ1v) is 3.12. The third-order valence-electron chi connectivity index (χ3n) is 0.169. The van der Waals surface area contributed by atoms with Crippen LogP contribution in [0.25, 0.3) is 0 Å². The summed E-state index contributed by atoms with van der Waals surface area (Å²) < 4.78 is 16.1. The van der Waals surface area contributed by atoms with Crippen molar-refractivity contribution in [3.05, 3.63) is 0 Å². The van der Waals surface area contributed by atoms with Crippen LogP contribution in [-0.2, 0) is 12.7 Å². The van der Waals surface area contributed by atoms with Crippen LogP contribution < -0.4 is 73.8 Å². The molecule has 0 N–H and O–H groups in total. The average Bonchev–Trinajstić information content (AvgIpc) is 1.68. The molecule has 4 nitrogen and oxygen atoms in total. The minimum atomic E-state index is -4.37. The first kappa shape index (κ1) is 13.3. The molecule has 0 aliphatic carbocycles. The van der Waals surface area contributed by atoms with Gasteiger partial charge in [-0.05, 0) is 0 Å². The van der Waals surface area contributed by atoms with Crippen molar-refractivity contribution >= 4 is 31.6 Å². The molecule has 0 aromatic rings. The standard InChI is InChI=1S/Cl2HO4P.Cs/c1-5-7(3,4)6-2;/h(H,3,4);/q;+1/p-1. The van der Waals surface area contributed by atoms with Gasteiger partial charge in [-0.3, -0.25) is 4.57 Å². The van der Waals surface area contributed by atoms with Crippen molar-refractivity contribution in [2.75, 3.05) is 0 Å². The van der Waals surface area contributed by atoms with Gasteiger partial charge in [0.1, 0.15) is 0 Å². The van der Waals surface area contributed by atoms with E-state index in [0.29, 0.717) is 0 Å². The summed E-state index contributed by atoms with van der Waals surface area (Å²) in [6.45, 7) is 0. The molecular formula is Cl2CsO4P. The Hall–Kier alpha value is 2.74. The van der Waals surface area contributed by atoms with Crippen molar-refractivity contribution in [3.63, 3.8) is 0 Å². The summed E-state index contributed by atoms with van der Waals surface area (Å²) in [6, 6.07) is 0. The van der Waals surface area contributed by atoms with Crippen LogP contribution in [0.15, 0.2) is 0 Å². The molecule has 0 fully saturated rings. The quantitative estimate of drug-likeness (QED) is 0.543. The number of hydrogen-bond donors (Lipinski definition) is 0. The summed E-state index contributed by atoms with van der Waals surface area (Å²) in [5.74, 6) is 0. The van der Waals surface area contributed by atoms with E-state index >= 15 is 0 Å². The Labute approximate surface area is 115 Å². The Morgan fingerprint density at radius 2 is 1.62 bits per heavy atom. The normalized spacial score (nSPS) is 10.4. The molecule has 0 aliphatic heterocycles. The van der Waals surface area contributed by atoms with Gasteiger partial charge in [0.25, 0.3) is 0 Å². The van der Waals surface area contributed by atoms with E-state index in [1.165, 1.54) is 0 Å². The third-order valence-corrected chi connectivity index (χ3v) is 1.52. The summed E-state index contributed by atoms with van der Waals surface area (Å²) in [7, 11) is -4.37. The molecule has 44 valence electrons. The molecule has 0 radical (unpaired) electrons. The second-order valence-electron chi connectivity index (χ2n) is 0.585. The monoisotopic (exact) mass is 298 g/mol. The Kier molecular flexibility index (Phi) is 10.8. The van der Waals surface area contributed by atoms with Gasteiger partial charge in [-0.1, -0.05) is 0 Å². The van der Waals surface area contributed by atoms with E-state index in [2.05, 4.69) is 31.9 Å². The average molecular weight is 299 g/mol. The molecular weight excluding hydrogens is 299 g/mol. The molecule has 0 atom stereocenters. The van der Waals surface area contributed by atoms with Crippen LogP contribution in [0, 0.1) is 0 Å². The first-order valence-electron chi connectivity index (χ1n) is 1.04. The van der Waals surface area contributed by atoms with Gasteiger partial charge in [0.05, 0.1) is 23.7 Å². The topological polar surface area (TPSA) is 58.6 Å². The van der Waals surface area contributed by atoms with Crippen molar-refractivity contribution in [2.24, 2.45) is 0 Å². The van der Waals surface area contributed by atoms with Gasteiger partial charge in [0, 0.05) is 0 Å². The maximum absolute atomic E-state index is 9.69. The predicted octanol–water partition coefficient (Wildman–Crippen LogP) is -2.20. The van der Waals surface area contributed by atoms with Crippen molar-refractivity contribution in [3.8, 4) is 0 Å². The van der Waals surface area contributed by atoms with Crippen LogP contribution in [-0.4, -0.2) is 0 Å². The molecule has 0 rings (SSSR count). The molecule has 0 bridgehead atoms. The zero-order valence-electron chi connectivity index (χ0n) is 3.84. The fraction of sp³-hybridized carbons (Fsp3) is 0. The second-order valence-corrected chi connectivity index (χ2v) is 2.58. The smallest absolute Gasteiger partial charge is 0.754 e. The summed E-state index contributed by atoms with van der Waals surface area (Å²) in [5, 5.41) is 0. The van der Waals surface area contributed by atoms with Crippen LogP contribution in [0.3, 0.4) is 0 Å². The van der Waals surface area contributed by atoms with E-state index in [1.807, 2.05) is 0 Å². The molecule has 0 amide bonds. The van der Waals surface area contributed by atoms with Crippen molar-refractivity contribution in [1.82, 2.24) is 0 Å². The Morgan fingerprint density at radius 3 is 1.62 bits per heavy atom. The van der Waals surface area contributed by atoms with Crippen LogP contribution >= 0.6 is 31.6 Å². The molecule has 8 heavy (non-hydrogen) atoms. The molecule has 0 unspecified atom stereocenters. The van der Waals surface area contributed by atoms with Crippen LogP contribution in [0.1, 0.15) is 0 Å². The van der Waals surface area contributed by atoms with E-state index in [0.717, 1.165) is 0 Å². The van der Waals surface area contributed by atoms with E-state index in [4.69, 9.17) is 0 Å². The Bertz CT molecular complexity index is 86.0. The summed E-state index contributed by atoms with van der Waals surface area (Å²) in [6.07, 6.45) is 0. The van der Waals surface area contributed by atoms with E-state index in [9.17, 15) is 9.46 Å². The molecule has 0 aliphatic rings. The van der Waals surface area contributed by atoms with Crippen LogP contribution in [0.4, 0.5) is 0 Å².